The zero-order valence-corrected chi connectivity index (χ0v) is 8.93. The Morgan fingerprint density at radius 3 is 2.50 bits per heavy atom. The maximum absolute atomic E-state index is 6.10. The molecule has 0 saturated carbocycles. The van der Waals surface area contributed by atoms with Crippen LogP contribution in [0.3, 0.4) is 0 Å². The third-order valence-corrected chi connectivity index (χ3v) is 2.58. The summed E-state index contributed by atoms with van der Waals surface area (Å²) in [6.07, 6.45) is 2.06. The van der Waals surface area contributed by atoms with Gasteiger partial charge in [-0.05, 0) is 18.1 Å². The molecule has 1 aliphatic rings. The SMILES string of the molecule is CCCc1cc2c(cc1Cl)OCCO2. The van der Waals surface area contributed by atoms with Crippen molar-refractivity contribution in [3.63, 3.8) is 0 Å². The van der Waals surface area contributed by atoms with Gasteiger partial charge in [0.25, 0.3) is 0 Å². The van der Waals surface area contributed by atoms with Crippen molar-refractivity contribution in [1.82, 2.24) is 0 Å². The van der Waals surface area contributed by atoms with Crippen LogP contribution in [0, 0.1) is 0 Å². The number of rotatable bonds is 2. The first-order valence-electron chi connectivity index (χ1n) is 4.89. The Morgan fingerprint density at radius 1 is 1.21 bits per heavy atom. The highest BCUT2D eigenvalue weighted by molar-refractivity contribution is 6.31. The van der Waals surface area contributed by atoms with Crippen LogP contribution in [0.25, 0.3) is 0 Å². The van der Waals surface area contributed by atoms with E-state index >= 15 is 0 Å². The molecule has 0 bridgehead atoms. The first-order chi connectivity index (χ1) is 6.81. The Bertz CT molecular complexity index is 336. The largest absolute Gasteiger partial charge is 0.486 e. The molecule has 0 spiro atoms. The molecule has 2 nitrogen and oxygen atoms in total. The van der Waals surface area contributed by atoms with Crippen LogP contribution in [-0.4, -0.2) is 13.2 Å². The van der Waals surface area contributed by atoms with E-state index in [2.05, 4.69) is 6.92 Å². The van der Waals surface area contributed by atoms with Gasteiger partial charge in [0.05, 0.1) is 0 Å². The topological polar surface area (TPSA) is 18.5 Å². The molecule has 0 N–H and O–H groups in total. The maximum atomic E-state index is 6.10. The molecule has 1 aliphatic heterocycles. The average Bonchev–Trinajstić information content (AvgIpc) is 2.19. The minimum Gasteiger partial charge on any atom is -0.486 e. The lowest BCUT2D eigenvalue weighted by atomic mass is 10.1. The van der Waals surface area contributed by atoms with Gasteiger partial charge in [-0.15, -0.1) is 0 Å². The molecule has 0 atom stereocenters. The predicted octanol–water partition coefficient (Wildman–Crippen LogP) is 3.06. The average molecular weight is 213 g/mol. The number of fused-ring (bicyclic) bond motifs is 1. The normalized spacial score (nSPS) is 14.1. The summed E-state index contributed by atoms with van der Waals surface area (Å²) in [7, 11) is 0. The molecule has 0 saturated heterocycles. The minimum atomic E-state index is 0.608. The van der Waals surface area contributed by atoms with Crippen molar-refractivity contribution in [3.05, 3.63) is 22.7 Å². The van der Waals surface area contributed by atoms with E-state index in [0.717, 1.165) is 34.9 Å². The molecule has 1 aromatic rings. The van der Waals surface area contributed by atoms with E-state index in [1.807, 2.05) is 12.1 Å². The van der Waals surface area contributed by atoms with Gasteiger partial charge in [-0.25, -0.2) is 0 Å². The monoisotopic (exact) mass is 212 g/mol. The lowest BCUT2D eigenvalue weighted by molar-refractivity contribution is 0.171. The van der Waals surface area contributed by atoms with E-state index in [1.54, 1.807) is 0 Å². The van der Waals surface area contributed by atoms with Gasteiger partial charge in [-0.3, -0.25) is 0 Å². The van der Waals surface area contributed by atoms with Crippen LogP contribution >= 0.6 is 11.6 Å². The quantitative estimate of drug-likeness (QED) is 0.750. The zero-order valence-electron chi connectivity index (χ0n) is 8.18. The Balaban J connectivity index is 2.35. The van der Waals surface area contributed by atoms with Gasteiger partial charge in [-0.2, -0.15) is 0 Å². The molecular formula is C11H13ClO2. The van der Waals surface area contributed by atoms with Gasteiger partial charge in [-0.1, -0.05) is 24.9 Å². The molecule has 14 heavy (non-hydrogen) atoms. The fourth-order valence-electron chi connectivity index (χ4n) is 1.57. The van der Waals surface area contributed by atoms with Crippen molar-refractivity contribution in [2.45, 2.75) is 19.8 Å². The van der Waals surface area contributed by atoms with Crippen LogP contribution in [0.4, 0.5) is 0 Å². The van der Waals surface area contributed by atoms with E-state index < -0.39 is 0 Å². The van der Waals surface area contributed by atoms with Crippen molar-refractivity contribution < 1.29 is 9.47 Å². The van der Waals surface area contributed by atoms with Gasteiger partial charge in [0.2, 0.25) is 0 Å². The smallest absolute Gasteiger partial charge is 0.162 e. The summed E-state index contributed by atoms with van der Waals surface area (Å²) in [5.41, 5.74) is 1.14. The van der Waals surface area contributed by atoms with Crippen molar-refractivity contribution >= 4 is 11.6 Å². The molecule has 0 radical (unpaired) electrons. The fraction of sp³-hybridized carbons (Fsp3) is 0.455. The van der Waals surface area contributed by atoms with Gasteiger partial charge in [0.15, 0.2) is 11.5 Å². The molecule has 76 valence electrons. The highest BCUT2D eigenvalue weighted by atomic mass is 35.5. The van der Waals surface area contributed by atoms with Crippen LogP contribution < -0.4 is 9.47 Å². The molecule has 1 aromatic carbocycles. The van der Waals surface area contributed by atoms with Crippen molar-refractivity contribution in [3.8, 4) is 11.5 Å². The summed E-state index contributed by atoms with van der Waals surface area (Å²) < 4.78 is 10.9. The van der Waals surface area contributed by atoms with E-state index in [9.17, 15) is 0 Å². The summed E-state index contributed by atoms with van der Waals surface area (Å²) in [4.78, 5) is 0. The third-order valence-electron chi connectivity index (χ3n) is 2.23. The molecule has 1 heterocycles. The number of benzene rings is 1. The lowest BCUT2D eigenvalue weighted by Crippen LogP contribution is -2.15. The van der Waals surface area contributed by atoms with Gasteiger partial charge >= 0.3 is 0 Å². The summed E-state index contributed by atoms with van der Waals surface area (Å²) in [5, 5.41) is 0.774. The number of halogens is 1. The molecule has 0 amide bonds. The second-order valence-electron chi connectivity index (χ2n) is 3.34. The summed E-state index contributed by atoms with van der Waals surface area (Å²) in [5.74, 6) is 1.59. The summed E-state index contributed by atoms with van der Waals surface area (Å²) >= 11 is 6.10. The Morgan fingerprint density at radius 2 is 1.86 bits per heavy atom. The third kappa shape index (κ3) is 1.80. The van der Waals surface area contributed by atoms with Crippen molar-refractivity contribution in [2.75, 3.05) is 13.2 Å². The second-order valence-corrected chi connectivity index (χ2v) is 3.74. The van der Waals surface area contributed by atoms with E-state index in [4.69, 9.17) is 21.1 Å². The standard InChI is InChI=1S/C11H13ClO2/c1-2-3-8-6-10-11(7-9(8)12)14-5-4-13-10/h6-7H,2-5H2,1H3. The molecule has 0 aliphatic carbocycles. The molecule has 0 aromatic heterocycles. The molecule has 2 rings (SSSR count). The van der Waals surface area contributed by atoms with Crippen LogP contribution in [0.1, 0.15) is 18.9 Å². The zero-order chi connectivity index (χ0) is 9.97. The predicted molar refractivity (Wildman–Crippen MR) is 56.4 cm³/mol. The fourth-order valence-corrected chi connectivity index (χ4v) is 1.82. The number of aryl methyl sites for hydroxylation is 1. The van der Waals surface area contributed by atoms with Crippen LogP contribution in [-0.2, 0) is 6.42 Å². The highest BCUT2D eigenvalue weighted by Gasteiger charge is 2.14. The Hall–Kier alpha value is -0.890. The second kappa shape index (κ2) is 4.09. The van der Waals surface area contributed by atoms with E-state index in [0.29, 0.717) is 13.2 Å². The molecule has 0 unspecified atom stereocenters. The molecule has 3 heteroatoms. The van der Waals surface area contributed by atoms with E-state index in [1.165, 1.54) is 0 Å². The lowest BCUT2D eigenvalue weighted by Gasteiger charge is -2.19. The Labute approximate surface area is 88.8 Å². The van der Waals surface area contributed by atoms with Crippen molar-refractivity contribution in [2.24, 2.45) is 0 Å². The maximum Gasteiger partial charge on any atom is 0.162 e. The van der Waals surface area contributed by atoms with Gasteiger partial charge in [0.1, 0.15) is 13.2 Å². The minimum absolute atomic E-state index is 0.608. The summed E-state index contributed by atoms with van der Waals surface area (Å²) in [6.45, 7) is 3.36. The summed E-state index contributed by atoms with van der Waals surface area (Å²) in [6, 6.07) is 3.83. The molecular weight excluding hydrogens is 200 g/mol. The number of hydrogen-bond acceptors (Lipinski definition) is 2. The van der Waals surface area contributed by atoms with Gasteiger partial charge in [0, 0.05) is 11.1 Å². The van der Waals surface area contributed by atoms with Crippen LogP contribution in [0.2, 0.25) is 5.02 Å². The van der Waals surface area contributed by atoms with Gasteiger partial charge < -0.3 is 9.47 Å². The highest BCUT2D eigenvalue weighted by Crippen LogP contribution is 2.35. The first-order valence-corrected chi connectivity index (χ1v) is 5.27. The first kappa shape index (κ1) is 9.66. The molecule has 0 fully saturated rings. The van der Waals surface area contributed by atoms with E-state index in [-0.39, 0.29) is 0 Å². The number of hydrogen-bond donors (Lipinski definition) is 0. The van der Waals surface area contributed by atoms with Crippen molar-refractivity contribution in [1.29, 1.82) is 0 Å². The number of ether oxygens (including phenoxy) is 2. The Kier molecular flexibility index (Phi) is 2.82. The van der Waals surface area contributed by atoms with Crippen LogP contribution in [0.5, 0.6) is 11.5 Å². The van der Waals surface area contributed by atoms with Crippen LogP contribution in [0.15, 0.2) is 12.1 Å².